The maximum atomic E-state index is 14.2. The number of thiazole rings is 1. The minimum Gasteiger partial charge on any atom is -0.313 e. The zero-order chi connectivity index (χ0) is 20.5. The molecule has 0 aliphatic rings. The van der Waals surface area contributed by atoms with Crippen LogP contribution in [0.5, 0.6) is 0 Å². The van der Waals surface area contributed by atoms with Gasteiger partial charge in [0.15, 0.2) is 15.8 Å². The number of aryl methyl sites for hydroxylation is 2. The molecule has 11 heteroatoms. The molecule has 148 valence electrons. The Balaban J connectivity index is 1.47. The van der Waals surface area contributed by atoms with E-state index in [0.29, 0.717) is 21.5 Å². The van der Waals surface area contributed by atoms with Crippen LogP contribution in [-0.2, 0) is 6.54 Å². The van der Waals surface area contributed by atoms with E-state index in [1.165, 1.54) is 28.2 Å². The fourth-order valence-corrected chi connectivity index (χ4v) is 4.05. The average Bonchev–Trinajstić information content (AvgIpc) is 3.43. The van der Waals surface area contributed by atoms with Crippen LogP contribution in [0.2, 0.25) is 0 Å². The van der Waals surface area contributed by atoms with Crippen molar-refractivity contribution in [2.75, 3.05) is 5.32 Å². The van der Waals surface area contributed by atoms with E-state index in [1.807, 2.05) is 6.92 Å². The van der Waals surface area contributed by atoms with Crippen LogP contribution in [-0.4, -0.2) is 30.7 Å². The molecular weight excluding hydrogens is 418 g/mol. The lowest BCUT2D eigenvalue weighted by atomic mass is 10.1. The topological polar surface area (TPSA) is 85.6 Å². The van der Waals surface area contributed by atoms with E-state index in [0.717, 1.165) is 17.0 Å². The first-order valence-electron chi connectivity index (χ1n) is 8.45. The number of halogens is 2. The number of benzene rings is 1. The molecule has 4 rings (SSSR count). The molecule has 0 unspecified atom stereocenters. The molecule has 0 radical (unpaired) electrons. The van der Waals surface area contributed by atoms with Crippen LogP contribution in [0.4, 0.5) is 19.7 Å². The molecule has 0 amide bonds. The summed E-state index contributed by atoms with van der Waals surface area (Å²) in [5.74, 6) is -1.08. The van der Waals surface area contributed by atoms with E-state index < -0.39 is 11.6 Å². The zero-order valence-electron chi connectivity index (χ0n) is 15.3. The lowest BCUT2D eigenvalue weighted by Crippen LogP contribution is -2.07. The van der Waals surface area contributed by atoms with Crippen molar-refractivity contribution >= 4 is 39.4 Å². The minimum atomic E-state index is -0.622. The second-order valence-corrected chi connectivity index (χ2v) is 8.05. The van der Waals surface area contributed by atoms with Crippen molar-refractivity contribution in [1.29, 1.82) is 0 Å². The van der Waals surface area contributed by atoms with Gasteiger partial charge in [0.1, 0.15) is 11.6 Å². The molecule has 0 spiro atoms. The molecule has 3 aromatic heterocycles. The van der Waals surface area contributed by atoms with E-state index in [1.54, 1.807) is 24.6 Å². The first-order valence-corrected chi connectivity index (χ1v) is 10.1. The molecule has 4 aromatic rings. The van der Waals surface area contributed by atoms with Gasteiger partial charge < -0.3 is 5.32 Å². The molecule has 0 atom stereocenters. The van der Waals surface area contributed by atoms with Crippen LogP contribution < -0.4 is 5.32 Å². The number of anilines is 2. The lowest BCUT2D eigenvalue weighted by Gasteiger charge is -2.07. The molecule has 0 fully saturated rings. The highest BCUT2D eigenvalue weighted by Crippen LogP contribution is 2.23. The van der Waals surface area contributed by atoms with Gasteiger partial charge in [0.25, 0.3) is 5.78 Å². The third kappa shape index (κ3) is 4.05. The molecule has 29 heavy (non-hydrogen) atoms. The normalized spacial score (nSPS) is 11.0. The second kappa shape index (κ2) is 7.76. The predicted octanol–water partition coefficient (Wildman–Crippen LogP) is 4.11. The molecule has 1 aromatic carbocycles. The number of carbonyl (C=O) groups is 1. The van der Waals surface area contributed by atoms with Crippen LogP contribution in [0.3, 0.4) is 0 Å². The summed E-state index contributed by atoms with van der Waals surface area (Å²) >= 11 is 2.33. The number of carbonyl (C=O) groups excluding carboxylic acids is 1. The number of hydrogen-bond donors (Lipinski definition) is 1. The van der Waals surface area contributed by atoms with E-state index in [4.69, 9.17) is 0 Å². The van der Waals surface area contributed by atoms with Crippen molar-refractivity contribution < 1.29 is 13.6 Å². The first kappa shape index (κ1) is 19.3. The van der Waals surface area contributed by atoms with E-state index in [-0.39, 0.29) is 22.9 Å². The Bertz CT molecular complexity index is 1200. The number of ketones is 1. The van der Waals surface area contributed by atoms with Crippen LogP contribution >= 0.6 is 22.7 Å². The lowest BCUT2D eigenvalue weighted by molar-refractivity contribution is 0.103. The number of hydrogen-bond acceptors (Lipinski definition) is 8. The number of aromatic nitrogens is 5. The Labute approximate surface area is 172 Å². The van der Waals surface area contributed by atoms with Crippen molar-refractivity contribution in [2.45, 2.75) is 20.4 Å². The fourth-order valence-electron chi connectivity index (χ4n) is 2.56. The van der Waals surface area contributed by atoms with Crippen molar-refractivity contribution in [3.05, 3.63) is 68.2 Å². The minimum absolute atomic E-state index is 0.0513. The van der Waals surface area contributed by atoms with Gasteiger partial charge in [-0.15, -0.1) is 21.5 Å². The quantitative estimate of drug-likeness (QED) is 0.462. The maximum Gasteiger partial charge on any atom is 0.252 e. The summed E-state index contributed by atoms with van der Waals surface area (Å²) < 4.78 is 29.5. The van der Waals surface area contributed by atoms with Crippen molar-refractivity contribution in [2.24, 2.45) is 0 Å². The third-order valence-electron chi connectivity index (χ3n) is 4.01. The highest BCUT2D eigenvalue weighted by Gasteiger charge is 2.19. The van der Waals surface area contributed by atoms with Gasteiger partial charge in [-0.2, -0.15) is 5.10 Å². The Hall–Kier alpha value is -3.05. The fraction of sp³-hybridized carbons (Fsp3) is 0.167. The largest absolute Gasteiger partial charge is 0.313 e. The molecule has 3 heterocycles. The smallest absolute Gasteiger partial charge is 0.252 e. The monoisotopic (exact) mass is 432 g/mol. The third-order valence-corrected chi connectivity index (χ3v) is 5.80. The predicted molar refractivity (Wildman–Crippen MR) is 106 cm³/mol. The van der Waals surface area contributed by atoms with Crippen molar-refractivity contribution in [3.63, 3.8) is 0 Å². The zero-order valence-corrected chi connectivity index (χ0v) is 16.9. The average molecular weight is 432 g/mol. The molecule has 0 saturated carbocycles. The number of nitrogens with one attached hydrogen (secondary N) is 1. The molecule has 1 N–H and O–H groups in total. The van der Waals surface area contributed by atoms with Crippen molar-refractivity contribution in [1.82, 2.24) is 25.0 Å². The molecule has 7 nitrogen and oxygen atoms in total. The van der Waals surface area contributed by atoms with Gasteiger partial charge in [-0.25, -0.2) is 13.8 Å². The summed E-state index contributed by atoms with van der Waals surface area (Å²) in [5.41, 5.74) is 1.09. The molecule has 0 saturated heterocycles. The Morgan fingerprint density at radius 1 is 1.17 bits per heavy atom. The van der Waals surface area contributed by atoms with E-state index >= 15 is 0 Å². The summed E-state index contributed by atoms with van der Waals surface area (Å²) in [6, 6.07) is 4.27. The van der Waals surface area contributed by atoms with Crippen LogP contribution in [0.1, 0.15) is 31.6 Å². The molecular formula is C18H14F2N6OS2. The van der Waals surface area contributed by atoms with Crippen LogP contribution in [0, 0.1) is 25.5 Å². The van der Waals surface area contributed by atoms with Crippen molar-refractivity contribution in [3.8, 4) is 0 Å². The SMILES string of the molecule is Cc1csc(C(=O)c2nnc(Nc3ccn(Cc4c(F)ccc(C)c4F)n3)s2)n1. The van der Waals surface area contributed by atoms with Crippen LogP contribution in [0.15, 0.2) is 29.8 Å². The molecule has 0 aliphatic heterocycles. The maximum absolute atomic E-state index is 14.2. The van der Waals surface area contributed by atoms with Gasteiger partial charge in [-0.05, 0) is 25.5 Å². The van der Waals surface area contributed by atoms with Crippen LogP contribution in [0.25, 0.3) is 0 Å². The van der Waals surface area contributed by atoms with Gasteiger partial charge in [0.05, 0.1) is 6.54 Å². The molecule has 0 aliphatic carbocycles. The summed E-state index contributed by atoms with van der Waals surface area (Å²) in [6.45, 7) is 3.34. The Morgan fingerprint density at radius 3 is 2.76 bits per heavy atom. The summed E-state index contributed by atoms with van der Waals surface area (Å²) in [5, 5.41) is 17.8. The number of nitrogens with zero attached hydrogens (tertiary/aromatic N) is 5. The highest BCUT2D eigenvalue weighted by atomic mass is 32.1. The standard InChI is InChI=1S/C18H14F2N6OS2/c1-9-3-4-12(19)11(14(9)20)7-26-6-5-13(25-26)22-18-24-23-17(29-18)15(27)16-21-10(2)8-28-16/h3-6,8H,7H2,1-2H3,(H,22,24,25). The van der Waals surface area contributed by atoms with Gasteiger partial charge in [-0.1, -0.05) is 17.4 Å². The van der Waals surface area contributed by atoms with Gasteiger partial charge in [-0.3, -0.25) is 9.48 Å². The Morgan fingerprint density at radius 2 is 2.00 bits per heavy atom. The van der Waals surface area contributed by atoms with Gasteiger partial charge in [0.2, 0.25) is 5.13 Å². The summed E-state index contributed by atoms with van der Waals surface area (Å²) in [7, 11) is 0. The van der Waals surface area contributed by atoms with E-state index in [9.17, 15) is 13.6 Å². The highest BCUT2D eigenvalue weighted by molar-refractivity contribution is 7.18. The van der Waals surface area contributed by atoms with E-state index in [2.05, 4.69) is 25.6 Å². The number of rotatable bonds is 6. The summed E-state index contributed by atoms with van der Waals surface area (Å²) in [6.07, 6.45) is 1.59. The molecule has 0 bridgehead atoms. The summed E-state index contributed by atoms with van der Waals surface area (Å²) in [4.78, 5) is 16.5. The Kier molecular flexibility index (Phi) is 5.16. The first-order chi connectivity index (χ1) is 13.9. The second-order valence-electron chi connectivity index (χ2n) is 6.22. The van der Waals surface area contributed by atoms with Gasteiger partial charge >= 0.3 is 0 Å². The van der Waals surface area contributed by atoms with Gasteiger partial charge in [0, 0.05) is 28.9 Å².